The van der Waals surface area contributed by atoms with Gasteiger partial charge in [-0.15, -0.1) is 0 Å². The average molecular weight is 384 g/mol. The van der Waals surface area contributed by atoms with Crippen LogP contribution in [0.15, 0.2) is 24.3 Å². The first-order valence-electron chi connectivity index (χ1n) is 8.31. The molecule has 1 amide bonds. The van der Waals surface area contributed by atoms with Gasteiger partial charge < -0.3 is 10.1 Å². The van der Waals surface area contributed by atoms with Gasteiger partial charge in [0.25, 0.3) is 0 Å². The first-order chi connectivity index (χ1) is 12.0. The maximum absolute atomic E-state index is 11.8. The minimum Gasteiger partial charge on any atom is -0.492 e. The van der Waals surface area contributed by atoms with Crippen molar-refractivity contribution in [1.29, 1.82) is 0 Å². The van der Waals surface area contributed by atoms with Crippen LogP contribution in [0, 0.1) is 13.8 Å². The van der Waals surface area contributed by atoms with E-state index in [0.29, 0.717) is 41.8 Å². The summed E-state index contributed by atoms with van der Waals surface area (Å²) in [6, 6.07) is 7.13. The van der Waals surface area contributed by atoms with Crippen LogP contribution in [-0.2, 0) is 11.3 Å². The fourth-order valence-corrected chi connectivity index (χ4v) is 2.92. The van der Waals surface area contributed by atoms with Gasteiger partial charge in [-0.3, -0.25) is 9.48 Å². The largest absolute Gasteiger partial charge is 0.492 e. The summed E-state index contributed by atoms with van der Waals surface area (Å²) in [6.45, 7) is 5.88. The molecule has 2 rings (SSSR count). The summed E-state index contributed by atoms with van der Waals surface area (Å²) >= 11 is 11.9. The van der Waals surface area contributed by atoms with Crippen LogP contribution in [0.25, 0.3) is 0 Å². The summed E-state index contributed by atoms with van der Waals surface area (Å²) in [6.07, 6.45) is 1.90. The lowest BCUT2D eigenvalue weighted by molar-refractivity contribution is -0.121. The minimum atomic E-state index is 0.0270. The van der Waals surface area contributed by atoms with Crippen LogP contribution in [0.2, 0.25) is 10.0 Å². The zero-order chi connectivity index (χ0) is 18.2. The first-order valence-corrected chi connectivity index (χ1v) is 9.07. The molecule has 7 heteroatoms. The number of rotatable bonds is 9. The summed E-state index contributed by atoms with van der Waals surface area (Å²) in [5, 5.41) is 8.35. The molecule has 136 valence electrons. The van der Waals surface area contributed by atoms with E-state index >= 15 is 0 Å². The molecule has 0 aliphatic carbocycles. The molecule has 0 fully saturated rings. The SMILES string of the molecule is Cc1cc(C)n(CCCNC(=O)CCCOc2ccc(Cl)cc2Cl)n1. The number of nitrogens with zero attached hydrogens (tertiary/aromatic N) is 2. The number of nitrogens with one attached hydrogen (secondary N) is 1. The van der Waals surface area contributed by atoms with Crippen LogP contribution in [0.4, 0.5) is 0 Å². The van der Waals surface area contributed by atoms with Gasteiger partial charge in [-0.25, -0.2) is 0 Å². The number of halogens is 2. The van der Waals surface area contributed by atoms with E-state index in [1.807, 2.05) is 24.6 Å². The second kappa shape index (κ2) is 9.68. The number of hydrogen-bond donors (Lipinski definition) is 1. The number of carbonyl (C=O) groups is 1. The third-order valence-electron chi connectivity index (χ3n) is 3.67. The minimum absolute atomic E-state index is 0.0270. The molecule has 0 bridgehead atoms. The van der Waals surface area contributed by atoms with Gasteiger partial charge in [0.2, 0.25) is 5.91 Å². The van der Waals surface area contributed by atoms with Gasteiger partial charge in [-0.1, -0.05) is 23.2 Å². The number of benzene rings is 1. The topological polar surface area (TPSA) is 56.2 Å². The second-order valence-electron chi connectivity index (χ2n) is 5.88. The van der Waals surface area contributed by atoms with Crippen molar-refractivity contribution in [3.63, 3.8) is 0 Å². The number of amides is 1. The quantitative estimate of drug-likeness (QED) is 0.660. The maximum Gasteiger partial charge on any atom is 0.220 e. The lowest BCUT2D eigenvalue weighted by Crippen LogP contribution is -2.25. The van der Waals surface area contributed by atoms with Crippen molar-refractivity contribution < 1.29 is 9.53 Å². The second-order valence-corrected chi connectivity index (χ2v) is 6.72. The van der Waals surface area contributed by atoms with Crippen LogP contribution in [-0.4, -0.2) is 28.8 Å². The zero-order valence-electron chi connectivity index (χ0n) is 14.5. The zero-order valence-corrected chi connectivity index (χ0v) is 16.0. The van der Waals surface area contributed by atoms with Crippen molar-refractivity contribution in [3.05, 3.63) is 45.7 Å². The van der Waals surface area contributed by atoms with Crippen LogP contribution in [0.1, 0.15) is 30.7 Å². The molecule has 1 N–H and O–H groups in total. The lowest BCUT2D eigenvalue weighted by Gasteiger charge is -2.09. The van der Waals surface area contributed by atoms with Gasteiger partial charge in [-0.2, -0.15) is 5.10 Å². The fraction of sp³-hybridized carbons (Fsp3) is 0.444. The highest BCUT2D eigenvalue weighted by Gasteiger charge is 2.05. The molecule has 1 heterocycles. The van der Waals surface area contributed by atoms with E-state index in [1.165, 1.54) is 0 Å². The summed E-state index contributed by atoms with van der Waals surface area (Å²) < 4.78 is 7.52. The van der Waals surface area contributed by atoms with Gasteiger partial charge in [0.15, 0.2) is 0 Å². The third kappa shape index (κ3) is 6.59. The number of ether oxygens (including phenoxy) is 1. The number of hydrogen-bond acceptors (Lipinski definition) is 3. The van der Waals surface area contributed by atoms with Crippen molar-refractivity contribution >= 4 is 29.1 Å². The van der Waals surface area contributed by atoms with Crippen molar-refractivity contribution in [2.24, 2.45) is 0 Å². The Morgan fingerprint density at radius 2 is 2.04 bits per heavy atom. The average Bonchev–Trinajstić information content (AvgIpc) is 2.87. The van der Waals surface area contributed by atoms with Crippen LogP contribution < -0.4 is 10.1 Å². The van der Waals surface area contributed by atoms with Crippen molar-refractivity contribution in [2.45, 2.75) is 39.7 Å². The predicted octanol–water partition coefficient (Wildman–Crippen LogP) is 4.17. The molecule has 2 aromatic rings. The molecule has 0 unspecified atom stereocenters. The Morgan fingerprint density at radius 3 is 2.72 bits per heavy atom. The van der Waals surface area contributed by atoms with Crippen molar-refractivity contribution in [3.8, 4) is 5.75 Å². The van der Waals surface area contributed by atoms with Gasteiger partial charge in [0.1, 0.15) is 5.75 Å². The molecule has 25 heavy (non-hydrogen) atoms. The van der Waals surface area contributed by atoms with Gasteiger partial charge in [0, 0.05) is 30.2 Å². The van der Waals surface area contributed by atoms with E-state index in [9.17, 15) is 4.79 Å². The molecular weight excluding hydrogens is 361 g/mol. The van der Waals surface area contributed by atoms with E-state index in [4.69, 9.17) is 27.9 Å². The summed E-state index contributed by atoms with van der Waals surface area (Å²) in [5.41, 5.74) is 2.16. The van der Waals surface area contributed by atoms with E-state index in [-0.39, 0.29) is 5.91 Å². The standard InChI is InChI=1S/C18H23Cl2N3O2/c1-13-11-14(2)23(22-13)9-4-8-21-18(24)5-3-10-25-17-7-6-15(19)12-16(17)20/h6-7,11-12H,3-5,8-10H2,1-2H3,(H,21,24). The Bertz CT molecular complexity index is 716. The Kier molecular flexibility index (Phi) is 7.59. The fourth-order valence-electron chi connectivity index (χ4n) is 2.45. The summed E-state index contributed by atoms with van der Waals surface area (Å²) in [7, 11) is 0. The van der Waals surface area contributed by atoms with Crippen LogP contribution in [0.5, 0.6) is 5.75 Å². The lowest BCUT2D eigenvalue weighted by atomic mass is 10.3. The Balaban J connectivity index is 1.57. The monoisotopic (exact) mass is 383 g/mol. The predicted molar refractivity (Wildman–Crippen MR) is 101 cm³/mol. The molecule has 0 aliphatic heterocycles. The van der Waals surface area contributed by atoms with E-state index in [1.54, 1.807) is 18.2 Å². The highest BCUT2D eigenvalue weighted by atomic mass is 35.5. The van der Waals surface area contributed by atoms with Gasteiger partial charge >= 0.3 is 0 Å². The Labute approximate surface area is 158 Å². The maximum atomic E-state index is 11.8. The molecule has 0 saturated carbocycles. The first kappa shape index (κ1) is 19.6. The van der Waals surface area contributed by atoms with Crippen LogP contribution in [0.3, 0.4) is 0 Å². The van der Waals surface area contributed by atoms with Gasteiger partial charge in [-0.05, 0) is 51.0 Å². The number of aryl methyl sites for hydroxylation is 3. The van der Waals surface area contributed by atoms with Crippen LogP contribution >= 0.6 is 23.2 Å². The molecule has 0 spiro atoms. The van der Waals surface area contributed by atoms with Crippen molar-refractivity contribution in [1.82, 2.24) is 15.1 Å². The summed E-state index contributed by atoms with van der Waals surface area (Å²) in [4.78, 5) is 11.8. The number of aromatic nitrogens is 2. The molecule has 0 atom stereocenters. The Hall–Kier alpha value is -1.72. The van der Waals surface area contributed by atoms with E-state index < -0.39 is 0 Å². The normalized spacial score (nSPS) is 10.7. The van der Waals surface area contributed by atoms with Gasteiger partial charge in [0.05, 0.1) is 17.3 Å². The number of carbonyl (C=O) groups excluding carboxylic acids is 1. The molecule has 1 aromatic heterocycles. The third-order valence-corrected chi connectivity index (χ3v) is 4.20. The molecule has 0 aliphatic rings. The highest BCUT2D eigenvalue weighted by Crippen LogP contribution is 2.27. The Morgan fingerprint density at radius 1 is 1.24 bits per heavy atom. The smallest absolute Gasteiger partial charge is 0.220 e. The molecule has 5 nitrogen and oxygen atoms in total. The summed E-state index contributed by atoms with van der Waals surface area (Å²) in [5.74, 6) is 0.607. The molecule has 1 aromatic carbocycles. The molecule has 0 radical (unpaired) electrons. The van der Waals surface area contributed by atoms with E-state index in [0.717, 1.165) is 24.4 Å². The molecule has 0 saturated heterocycles. The molecular formula is C18H23Cl2N3O2. The highest BCUT2D eigenvalue weighted by molar-refractivity contribution is 6.35. The van der Waals surface area contributed by atoms with Crippen molar-refractivity contribution in [2.75, 3.05) is 13.2 Å². The van der Waals surface area contributed by atoms with E-state index in [2.05, 4.69) is 10.4 Å².